The Kier molecular flexibility index (Phi) is 5.75. The number of benzene rings is 1. The number of hydrogen-bond donors (Lipinski definition) is 1. The molecule has 0 fully saturated rings. The number of nitrogens with one attached hydrogen (secondary N) is 1. The second kappa shape index (κ2) is 8.39. The van der Waals surface area contributed by atoms with Crippen molar-refractivity contribution in [2.24, 2.45) is 0 Å². The Bertz CT molecular complexity index is 964. The Hall–Kier alpha value is -3.29. The fourth-order valence-corrected chi connectivity index (χ4v) is 2.97. The molecular weight excluding hydrogens is 344 g/mol. The maximum atomic E-state index is 12.8. The molecule has 0 aliphatic heterocycles. The molecular formula is C19H22N6O2. The van der Waals surface area contributed by atoms with Crippen molar-refractivity contribution in [1.82, 2.24) is 30.1 Å². The summed E-state index contributed by atoms with van der Waals surface area (Å²) in [5.41, 5.74) is 1.67. The zero-order valence-electron chi connectivity index (χ0n) is 15.4. The predicted octanol–water partition coefficient (Wildman–Crippen LogP) is 1.25. The standard InChI is InChI=1S/C19H22N6O2/c1-14-8-6-11-17(26)24(14)13-7-12-20-19(27)18(16-9-4-3-5-10-16)25-15(2)21-22-23-25/h3-6,8-11,18H,7,12-13H2,1-2H3,(H,20,27). The third kappa shape index (κ3) is 4.28. The minimum Gasteiger partial charge on any atom is -0.354 e. The summed E-state index contributed by atoms with van der Waals surface area (Å²) in [4.78, 5) is 24.7. The van der Waals surface area contributed by atoms with Crippen molar-refractivity contribution in [2.75, 3.05) is 6.54 Å². The first-order valence-electron chi connectivity index (χ1n) is 8.81. The largest absolute Gasteiger partial charge is 0.354 e. The third-order valence-electron chi connectivity index (χ3n) is 4.39. The number of pyridine rings is 1. The molecule has 0 radical (unpaired) electrons. The lowest BCUT2D eigenvalue weighted by atomic mass is 10.1. The van der Waals surface area contributed by atoms with Crippen LogP contribution in [0.1, 0.15) is 29.5 Å². The second-order valence-corrected chi connectivity index (χ2v) is 6.29. The van der Waals surface area contributed by atoms with Crippen LogP contribution in [0, 0.1) is 13.8 Å². The average Bonchev–Trinajstić information content (AvgIpc) is 3.07. The highest BCUT2D eigenvalue weighted by molar-refractivity contribution is 5.83. The molecule has 8 nitrogen and oxygen atoms in total. The minimum atomic E-state index is -0.637. The van der Waals surface area contributed by atoms with Gasteiger partial charge in [-0.2, -0.15) is 0 Å². The fourth-order valence-electron chi connectivity index (χ4n) is 2.97. The van der Waals surface area contributed by atoms with Crippen LogP contribution in [0.15, 0.2) is 53.3 Å². The van der Waals surface area contributed by atoms with Gasteiger partial charge in [0.25, 0.3) is 5.56 Å². The lowest BCUT2D eigenvalue weighted by Gasteiger charge is -2.18. The van der Waals surface area contributed by atoms with Gasteiger partial charge in [-0.15, -0.1) is 5.10 Å². The number of aromatic nitrogens is 5. The van der Waals surface area contributed by atoms with Crippen molar-refractivity contribution in [3.05, 3.63) is 76.0 Å². The van der Waals surface area contributed by atoms with Crippen LogP contribution in [-0.2, 0) is 11.3 Å². The van der Waals surface area contributed by atoms with Crippen LogP contribution in [0.25, 0.3) is 0 Å². The number of tetrazole rings is 1. The lowest BCUT2D eigenvalue weighted by molar-refractivity contribution is -0.123. The first-order valence-corrected chi connectivity index (χ1v) is 8.81. The number of hydrogen-bond acceptors (Lipinski definition) is 5. The topological polar surface area (TPSA) is 94.7 Å². The first-order chi connectivity index (χ1) is 13.1. The van der Waals surface area contributed by atoms with E-state index in [-0.39, 0.29) is 11.5 Å². The van der Waals surface area contributed by atoms with E-state index in [9.17, 15) is 9.59 Å². The third-order valence-corrected chi connectivity index (χ3v) is 4.39. The van der Waals surface area contributed by atoms with E-state index in [0.29, 0.717) is 25.3 Å². The Labute approximate surface area is 156 Å². The van der Waals surface area contributed by atoms with Crippen LogP contribution in [0.4, 0.5) is 0 Å². The van der Waals surface area contributed by atoms with Crippen molar-refractivity contribution in [3.8, 4) is 0 Å². The minimum absolute atomic E-state index is 0.0344. The van der Waals surface area contributed by atoms with Gasteiger partial charge in [-0.25, -0.2) is 4.68 Å². The Morgan fingerprint density at radius 2 is 1.89 bits per heavy atom. The van der Waals surface area contributed by atoms with Crippen LogP contribution in [0.2, 0.25) is 0 Å². The molecule has 1 aromatic carbocycles. The molecule has 27 heavy (non-hydrogen) atoms. The maximum absolute atomic E-state index is 12.8. The summed E-state index contributed by atoms with van der Waals surface area (Å²) in [6, 6.07) is 13.9. The summed E-state index contributed by atoms with van der Waals surface area (Å²) in [5.74, 6) is 0.374. The van der Waals surface area contributed by atoms with Crippen molar-refractivity contribution >= 4 is 5.91 Å². The number of nitrogens with zero attached hydrogens (tertiary/aromatic N) is 5. The van der Waals surface area contributed by atoms with Crippen molar-refractivity contribution in [1.29, 1.82) is 0 Å². The lowest BCUT2D eigenvalue weighted by Crippen LogP contribution is -2.35. The molecule has 1 amide bonds. The van der Waals surface area contributed by atoms with Crippen LogP contribution < -0.4 is 10.9 Å². The molecule has 0 bridgehead atoms. The van der Waals surface area contributed by atoms with E-state index in [4.69, 9.17) is 0 Å². The molecule has 0 aliphatic rings. The number of carbonyl (C=O) groups excluding carboxylic acids is 1. The van der Waals surface area contributed by atoms with E-state index in [1.54, 1.807) is 17.6 Å². The van der Waals surface area contributed by atoms with E-state index >= 15 is 0 Å². The van der Waals surface area contributed by atoms with Crippen LogP contribution in [0.3, 0.4) is 0 Å². The van der Waals surface area contributed by atoms with Crippen LogP contribution in [-0.4, -0.2) is 37.2 Å². The van der Waals surface area contributed by atoms with E-state index in [1.165, 1.54) is 10.7 Å². The van der Waals surface area contributed by atoms with Gasteiger partial charge in [0.2, 0.25) is 5.91 Å². The number of aryl methyl sites for hydroxylation is 2. The molecule has 0 aliphatic carbocycles. The normalized spacial score (nSPS) is 11.9. The highest BCUT2D eigenvalue weighted by atomic mass is 16.2. The molecule has 8 heteroatoms. The number of rotatable bonds is 7. The summed E-state index contributed by atoms with van der Waals surface area (Å²) in [6.45, 7) is 4.65. The summed E-state index contributed by atoms with van der Waals surface area (Å²) < 4.78 is 3.21. The molecule has 2 aromatic heterocycles. The van der Waals surface area contributed by atoms with Crippen LogP contribution in [0.5, 0.6) is 0 Å². The molecule has 1 atom stereocenters. The Morgan fingerprint density at radius 1 is 1.11 bits per heavy atom. The van der Waals surface area contributed by atoms with E-state index < -0.39 is 6.04 Å². The maximum Gasteiger partial charge on any atom is 0.250 e. The van der Waals surface area contributed by atoms with Gasteiger partial charge in [0.1, 0.15) is 5.82 Å². The van der Waals surface area contributed by atoms with Gasteiger partial charge in [-0.3, -0.25) is 9.59 Å². The smallest absolute Gasteiger partial charge is 0.250 e. The molecule has 1 unspecified atom stereocenters. The second-order valence-electron chi connectivity index (χ2n) is 6.29. The van der Waals surface area contributed by atoms with Crippen LogP contribution >= 0.6 is 0 Å². The van der Waals surface area contributed by atoms with Crippen molar-refractivity contribution in [2.45, 2.75) is 32.9 Å². The van der Waals surface area contributed by atoms with E-state index in [1.807, 2.05) is 43.3 Å². The Balaban J connectivity index is 1.67. The van der Waals surface area contributed by atoms with Gasteiger partial charge in [-0.1, -0.05) is 36.4 Å². The van der Waals surface area contributed by atoms with E-state index in [2.05, 4.69) is 20.8 Å². The molecule has 0 saturated carbocycles. The van der Waals surface area contributed by atoms with Gasteiger partial charge in [-0.05, 0) is 42.3 Å². The van der Waals surface area contributed by atoms with Gasteiger partial charge in [0.05, 0.1) is 0 Å². The summed E-state index contributed by atoms with van der Waals surface area (Å²) in [5, 5.41) is 14.4. The van der Waals surface area contributed by atoms with Gasteiger partial charge >= 0.3 is 0 Å². The average molecular weight is 366 g/mol. The van der Waals surface area contributed by atoms with Gasteiger partial charge in [0, 0.05) is 24.8 Å². The molecule has 3 aromatic rings. The SMILES string of the molecule is Cc1nnnn1C(C(=O)NCCCn1c(C)cccc1=O)c1ccccc1. The number of amides is 1. The van der Waals surface area contributed by atoms with E-state index in [0.717, 1.165) is 11.3 Å². The zero-order valence-corrected chi connectivity index (χ0v) is 15.4. The van der Waals surface area contributed by atoms with Crippen molar-refractivity contribution in [3.63, 3.8) is 0 Å². The molecule has 140 valence electrons. The number of carbonyl (C=O) groups is 1. The van der Waals surface area contributed by atoms with Gasteiger partial charge in [0.15, 0.2) is 6.04 Å². The zero-order chi connectivity index (χ0) is 19.2. The summed E-state index contributed by atoms with van der Waals surface area (Å²) in [6.07, 6.45) is 0.645. The monoisotopic (exact) mass is 366 g/mol. The summed E-state index contributed by atoms with van der Waals surface area (Å²) in [7, 11) is 0. The molecule has 0 spiro atoms. The molecule has 0 saturated heterocycles. The quantitative estimate of drug-likeness (QED) is 0.635. The van der Waals surface area contributed by atoms with Gasteiger partial charge < -0.3 is 9.88 Å². The highest BCUT2D eigenvalue weighted by Crippen LogP contribution is 2.18. The predicted molar refractivity (Wildman–Crippen MR) is 100 cm³/mol. The molecule has 2 heterocycles. The Morgan fingerprint density at radius 3 is 2.56 bits per heavy atom. The first kappa shape index (κ1) is 18.5. The molecule has 3 rings (SSSR count). The molecule has 1 N–H and O–H groups in total. The highest BCUT2D eigenvalue weighted by Gasteiger charge is 2.25. The summed E-state index contributed by atoms with van der Waals surface area (Å²) >= 11 is 0. The van der Waals surface area contributed by atoms with Crippen molar-refractivity contribution < 1.29 is 4.79 Å². The fraction of sp³-hybridized carbons (Fsp3) is 0.316.